The van der Waals surface area contributed by atoms with Crippen LogP contribution in [-0.2, 0) is 70.9 Å². The van der Waals surface area contributed by atoms with Crippen LogP contribution in [-0.4, -0.2) is 185 Å². The van der Waals surface area contributed by atoms with Gasteiger partial charge >= 0.3 is 23.9 Å². The number of methoxy groups -OCH3 is 4. The summed E-state index contributed by atoms with van der Waals surface area (Å²) in [7, 11) is 9.55. The molecule has 0 amide bonds. The number of esters is 4. The van der Waals surface area contributed by atoms with Crippen LogP contribution in [0.25, 0.3) is 88.6 Å². The normalized spacial score (nSPS) is 11.2. The molecule has 0 fully saturated rings. The first-order valence-corrected chi connectivity index (χ1v) is 37.6. The fourth-order valence-electron chi connectivity index (χ4n) is 12.8. The highest BCUT2D eigenvalue weighted by atomic mass is 16.5. The van der Waals surface area contributed by atoms with E-state index in [1.807, 2.05) is 239 Å². The van der Waals surface area contributed by atoms with E-state index in [9.17, 15) is 19.2 Å². The van der Waals surface area contributed by atoms with Crippen LogP contribution in [0.5, 0.6) is 23.0 Å². The molecule has 0 saturated carbocycles. The van der Waals surface area contributed by atoms with Gasteiger partial charge in [0, 0.05) is 75.5 Å². The van der Waals surface area contributed by atoms with Crippen LogP contribution < -0.4 is 18.9 Å². The zero-order valence-corrected chi connectivity index (χ0v) is 66.0. The van der Waals surface area contributed by atoms with Crippen LogP contribution in [0, 0.1) is 0 Å². The summed E-state index contributed by atoms with van der Waals surface area (Å²) < 4.78 is 49.7. The second kappa shape index (κ2) is 41.0. The van der Waals surface area contributed by atoms with Gasteiger partial charge < -0.3 is 47.7 Å². The summed E-state index contributed by atoms with van der Waals surface area (Å²) in [6.07, 6.45) is 0. The Morgan fingerprint density at radius 2 is 0.634 bits per heavy atom. The summed E-state index contributed by atoms with van der Waals surface area (Å²) in [5.41, 5.74) is 11.8. The predicted octanol–water partition coefficient (Wildman–Crippen LogP) is 15.2. The number of para-hydroxylation sites is 4. The van der Waals surface area contributed by atoms with Crippen molar-refractivity contribution in [3.05, 3.63) is 230 Å². The third-order valence-electron chi connectivity index (χ3n) is 18.7. The summed E-state index contributed by atoms with van der Waals surface area (Å²) in [4.78, 5) is 53.8. The quantitative estimate of drug-likeness (QED) is 0.0291. The van der Waals surface area contributed by atoms with E-state index in [1.54, 1.807) is 18.7 Å². The van der Waals surface area contributed by atoms with Gasteiger partial charge in [-0.15, -0.1) is 0 Å². The Balaban J connectivity index is 0.000000159. The first-order chi connectivity index (χ1) is 54.4. The molecule has 4 aromatic heterocycles. The number of benzene rings is 9. The van der Waals surface area contributed by atoms with Crippen LogP contribution in [0.3, 0.4) is 0 Å². The van der Waals surface area contributed by atoms with Crippen molar-refractivity contribution in [2.24, 2.45) is 0 Å². The SMILES string of the molecule is CCN(CC)CCOc1cccc(-c2nn(CC(=O)OC)c3ccccc23)c1.COC(=O)Cn1nc(-c2cccc(OCCN(C(C)C)C(C)C)c2)c2ccccc21.COC(=O)Cn1nc(-c2cccc(OCCN(C)C)c2)c2ccccc21.COC(=O)Cn1nc(-c2cccc(OCc3ccccc3)c2)c2ccccc21. The Kier molecular flexibility index (Phi) is 30.2. The van der Waals surface area contributed by atoms with Crippen molar-refractivity contribution in [3.8, 4) is 68.0 Å². The fraction of sp³-hybridized carbons (Fsp3) is 0.303. The van der Waals surface area contributed by atoms with Crippen LogP contribution in [0.2, 0.25) is 0 Å². The molecule has 0 unspecified atom stereocenters. The van der Waals surface area contributed by atoms with Gasteiger partial charge in [-0.25, -0.2) is 0 Å². The Morgan fingerprint density at radius 3 is 0.929 bits per heavy atom. The van der Waals surface area contributed by atoms with Crippen molar-refractivity contribution in [2.45, 2.75) is 86.4 Å². The highest BCUT2D eigenvalue weighted by Gasteiger charge is 2.21. The maximum Gasteiger partial charge on any atom is 0.327 e. The molecule has 13 aromatic rings. The lowest BCUT2D eigenvalue weighted by molar-refractivity contribution is -0.142. The molecule has 13 rings (SSSR count). The van der Waals surface area contributed by atoms with E-state index in [-0.39, 0.29) is 50.1 Å². The number of ether oxygens (including phenoxy) is 8. The van der Waals surface area contributed by atoms with E-state index in [0.717, 1.165) is 150 Å². The number of rotatable bonds is 31. The predicted molar refractivity (Wildman–Crippen MR) is 439 cm³/mol. The smallest absolute Gasteiger partial charge is 0.327 e. The van der Waals surface area contributed by atoms with Crippen molar-refractivity contribution >= 4 is 67.5 Å². The molecule has 584 valence electrons. The van der Waals surface area contributed by atoms with Gasteiger partial charge in [-0.05, 0) is 133 Å². The lowest BCUT2D eigenvalue weighted by atomic mass is 10.1. The largest absolute Gasteiger partial charge is 0.492 e. The van der Waals surface area contributed by atoms with E-state index in [1.165, 1.54) is 28.4 Å². The van der Waals surface area contributed by atoms with E-state index in [0.29, 0.717) is 38.5 Å². The minimum absolute atomic E-state index is 0.0706. The third kappa shape index (κ3) is 22.3. The molecular weight excluding hydrogens is 1420 g/mol. The van der Waals surface area contributed by atoms with Crippen molar-refractivity contribution in [3.63, 3.8) is 0 Å². The second-order valence-electron chi connectivity index (χ2n) is 27.1. The van der Waals surface area contributed by atoms with Crippen molar-refractivity contribution in [1.29, 1.82) is 0 Å². The van der Waals surface area contributed by atoms with Gasteiger partial charge in [0.2, 0.25) is 0 Å². The molecule has 0 saturated heterocycles. The van der Waals surface area contributed by atoms with E-state index < -0.39 is 0 Å². The molecule has 0 aliphatic carbocycles. The number of hydrogen-bond donors (Lipinski definition) is 0. The molecule has 0 bridgehead atoms. The standard InChI is InChI=1S/C24H31N3O3.C23H20N2O3.C22H27N3O3.C20H23N3O3/c1-17(2)26(18(3)4)13-14-30-20-10-8-9-19(15-20)24-21-11-6-7-12-22(21)27(25-24)16-23(28)29-5;1-27-22(26)15-25-21-13-6-5-12-20(21)23(24-25)18-10-7-11-19(14-18)28-16-17-8-3-2-4-9-17;1-4-24(5-2)13-14-28-18-10-8-9-17(15-18)22-19-11-6-7-12-20(19)25(23-22)16-21(26)27-3;1-22(2)11-12-26-16-8-6-7-15(13-16)20-17-9-4-5-10-18(17)23(21-20)14-19(24)25-3/h6-12,15,17-18H,13-14,16H2,1-5H3;2-14H,15-16H2,1H3;6-12,15H,4-5,13-14,16H2,1-3H3;4-10,13H,11-12,14H2,1-3H3. The first-order valence-electron chi connectivity index (χ1n) is 37.6. The Hall–Kier alpha value is -12.2. The van der Waals surface area contributed by atoms with Crippen LogP contribution in [0.4, 0.5) is 0 Å². The molecule has 112 heavy (non-hydrogen) atoms. The second-order valence-corrected chi connectivity index (χ2v) is 27.1. The molecule has 0 atom stereocenters. The van der Waals surface area contributed by atoms with Crippen LogP contribution >= 0.6 is 0 Å². The Bertz CT molecular complexity index is 5210. The molecule has 0 radical (unpaired) electrons. The van der Waals surface area contributed by atoms with Gasteiger partial charge in [-0.2, -0.15) is 20.4 Å². The number of carbonyl (C=O) groups excluding carboxylic acids is 4. The highest BCUT2D eigenvalue weighted by molar-refractivity contribution is 5.97. The van der Waals surface area contributed by atoms with Crippen molar-refractivity contribution < 1.29 is 57.1 Å². The molecule has 4 heterocycles. The summed E-state index contributed by atoms with van der Waals surface area (Å²) in [5, 5.41) is 22.6. The Morgan fingerprint density at radius 1 is 0.348 bits per heavy atom. The maximum absolute atomic E-state index is 11.8. The summed E-state index contributed by atoms with van der Waals surface area (Å²) >= 11 is 0. The number of carbonyl (C=O) groups is 4. The van der Waals surface area contributed by atoms with Crippen LogP contribution in [0.1, 0.15) is 47.1 Å². The molecule has 0 N–H and O–H groups in total. The average Bonchev–Trinajstić information content (AvgIpc) is 1.66. The van der Waals surface area contributed by atoms with E-state index in [4.69, 9.17) is 43.0 Å². The monoisotopic (exact) mass is 1520 g/mol. The lowest BCUT2D eigenvalue weighted by Gasteiger charge is -2.30. The number of likely N-dealkylation sites (N-methyl/N-ethyl adjacent to an activating group) is 2. The van der Waals surface area contributed by atoms with Crippen molar-refractivity contribution in [1.82, 2.24) is 53.8 Å². The Labute approximate surface area is 654 Å². The molecule has 9 aromatic carbocycles. The van der Waals surface area contributed by atoms with Crippen molar-refractivity contribution in [2.75, 3.05) is 95.1 Å². The van der Waals surface area contributed by atoms with E-state index in [2.05, 4.69) is 71.5 Å². The van der Waals surface area contributed by atoms with Gasteiger partial charge in [-0.1, -0.05) is 166 Å². The minimum atomic E-state index is -0.334. The topological polar surface area (TPSA) is 223 Å². The van der Waals surface area contributed by atoms with Gasteiger partial charge in [-0.3, -0.25) is 42.8 Å². The summed E-state index contributed by atoms with van der Waals surface area (Å²) in [5.74, 6) is 1.89. The first kappa shape index (κ1) is 82.3. The lowest BCUT2D eigenvalue weighted by Crippen LogP contribution is -2.39. The van der Waals surface area contributed by atoms with Gasteiger partial charge in [0.15, 0.2) is 0 Å². The molecule has 0 aliphatic heterocycles. The number of fused-ring (bicyclic) bond motifs is 4. The van der Waals surface area contributed by atoms with Gasteiger partial charge in [0.05, 0.1) is 50.5 Å². The maximum atomic E-state index is 11.8. The zero-order valence-electron chi connectivity index (χ0n) is 66.0. The summed E-state index contributed by atoms with van der Waals surface area (Å²) in [6, 6.07) is 74.1. The highest BCUT2D eigenvalue weighted by Crippen LogP contribution is 2.35. The number of nitrogens with zero attached hydrogens (tertiary/aromatic N) is 11. The van der Waals surface area contributed by atoms with E-state index >= 15 is 0 Å². The molecular formula is C89H101N11O12. The van der Waals surface area contributed by atoms with Crippen LogP contribution in [0.15, 0.2) is 224 Å². The summed E-state index contributed by atoms with van der Waals surface area (Å²) in [6.45, 7) is 20.5. The number of aromatic nitrogens is 8. The fourth-order valence-corrected chi connectivity index (χ4v) is 12.8. The van der Waals surface area contributed by atoms with Gasteiger partial charge in [0.25, 0.3) is 0 Å². The molecule has 0 spiro atoms. The molecule has 23 heteroatoms. The zero-order chi connectivity index (χ0) is 79.5. The average molecular weight is 1520 g/mol. The molecule has 0 aliphatic rings. The number of hydrogen-bond acceptors (Lipinski definition) is 19. The third-order valence-corrected chi connectivity index (χ3v) is 18.7. The van der Waals surface area contributed by atoms with Gasteiger partial charge in [0.1, 0.15) is 98.4 Å². The minimum Gasteiger partial charge on any atom is -0.492 e. The molecule has 23 nitrogen and oxygen atoms in total.